The van der Waals surface area contributed by atoms with Gasteiger partial charge in [0.25, 0.3) is 17.7 Å². The Hall–Kier alpha value is -5.55. The molecule has 0 radical (unpaired) electrons. The zero-order chi connectivity index (χ0) is 38.3. The molecule has 3 N–H and O–H groups in total. The molecule has 0 spiro atoms. The maximum Gasteiger partial charge on any atom is 0.320 e. The monoisotopic (exact) mass is 742 g/mol. The first-order valence-corrected chi connectivity index (χ1v) is 19.6. The molecule has 3 heterocycles. The SMILES string of the molecule is CN(CCN1CCCC[C@H]1C(=O)O)C(=O)c1cccc(C(=O)Nc2ccc(N3CCCCC3)cc2-c2cc(C(=O)N[C@H]3CCCc4ccccc43)ccn2)c1. The molecule has 3 amide bonds. The number of piperidine rings is 2. The zero-order valence-electron chi connectivity index (χ0n) is 31.5. The fourth-order valence-corrected chi connectivity index (χ4v) is 8.19. The summed E-state index contributed by atoms with van der Waals surface area (Å²) in [5.41, 5.74) is 6.44. The van der Waals surface area contributed by atoms with Crippen molar-refractivity contribution in [3.05, 3.63) is 113 Å². The van der Waals surface area contributed by atoms with E-state index in [0.717, 1.165) is 63.7 Å². The van der Waals surface area contributed by atoms with Crippen LogP contribution in [0.2, 0.25) is 0 Å². The molecule has 2 atom stereocenters. The third kappa shape index (κ3) is 8.89. The highest BCUT2D eigenvalue weighted by Crippen LogP contribution is 2.34. The number of aliphatic carboxylic acids is 1. The number of carboxylic acids is 1. The van der Waals surface area contributed by atoms with Crippen molar-refractivity contribution < 1.29 is 24.3 Å². The van der Waals surface area contributed by atoms with E-state index in [1.807, 2.05) is 35.2 Å². The van der Waals surface area contributed by atoms with Crippen molar-refractivity contribution in [1.82, 2.24) is 20.1 Å². The molecule has 2 aliphatic heterocycles. The van der Waals surface area contributed by atoms with E-state index in [2.05, 4.69) is 32.7 Å². The molecule has 4 aromatic rings. The van der Waals surface area contributed by atoms with Gasteiger partial charge in [0.1, 0.15) is 6.04 Å². The van der Waals surface area contributed by atoms with Gasteiger partial charge in [-0.05, 0) is 118 Å². The van der Waals surface area contributed by atoms with Gasteiger partial charge in [0.05, 0.1) is 17.4 Å². The molecule has 3 aromatic carbocycles. The second kappa shape index (κ2) is 17.3. The van der Waals surface area contributed by atoms with E-state index in [0.29, 0.717) is 59.7 Å². The number of nitrogens with one attached hydrogen (secondary N) is 2. The van der Waals surface area contributed by atoms with Crippen LogP contribution in [0.15, 0.2) is 85.1 Å². The Balaban J connectivity index is 1.10. The zero-order valence-corrected chi connectivity index (χ0v) is 31.5. The average molecular weight is 743 g/mol. The molecule has 0 saturated carbocycles. The van der Waals surface area contributed by atoms with Crippen LogP contribution in [0.4, 0.5) is 11.4 Å². The van der Waals surface area contributed by atoms with E-state index in [1.54, 1.807) is 54.5 Å². The standard InChI is InChI=1S/C44H50N6O5/c1-48(25-26-50-24-8-5-17-40(50)44(54)55)43(53)33-14-9-13-31(27-33)41(51)47-38-19-18-34(49-22-6-2-7-23-49)29-36(38)39-28-32(20-21-45-39)42(52)46-37-16-10-12-30-11-3-4-15-35(30)37/h3-4,9,11,13-15,18-21,27-29,37,40H,2,5-8,10,12,16-17,22-26H2,1H3,(H,46,52)(H,47,51)(H,54,55)/t37-,40-/m0/s1. The van der Waals surface area contributed by atoms with Crippen LogP contribution in [0, 0.1) is 0 Å². The molecule has 1 aliphatic carbocycles. The summed E-state index contributed by atoms with van der Waals surface area (Å²) in [5, 5.41) is 16.0. The number of carbonyl (C=O) groups excluding carboxylic acids is 3. The Morgan fingerprint density at radius 3 is 2.42 bits per heavy atom. The van der Waals surface area contributed by atoms with Gasteiger partial charge < -0.3 is 25.5 Å². The summed E-state index contributed by atoms with van der Waals surface area (Å²) in [6, 6.07) is 23.8. The van der Waals surface area contributed by atoms with Crippen LogP contribution in [0.25, 0.3) is 11.3 Å². The van der Waals surface area contributed by atoms with Gasteiger partial charge in [0.2, 0.25) is 0 Å². The van der Waals surface area contributed by atoms with Crippen molar-refractivity contribution in [2.45, 2.75) is 69.9 Å². The maximum absolute atomic E-state index is 13.9. The van der Waals surface area contributed by atoms with Crippen LogP contribution < -0.4 is 15.5 Å². The number of benzene rings is 3. The molecule has 11 nitrogen and oxygen atoms in total. The lowest BCUT2D eigenvalue weighted by atomic mass is 9.87. The molecule has 3 aliphatic rings. The Bertz CT molecular complexity index is 2040. The summed E-state index contributed by atoms with van der Waals surface area (Å²) in [7, 11) is 1.69. The van der Waals surface area contributed by atoms with E-state index in [1.165, 1.54) is 17.5 Å². The Labute approximate surface area is 322 Å². The summed E-state index contributed by atoms with van der Waals surface area (Å²) in [4.78, 5) is 63.3. The van der Waals surface area contributed by atoms with Crippen molar-refractivity contribution in [2.24, 2.45) is 0 Å². The highest BCUT2D eigenvalue weighted by atomic mass is 16.4. The number of hydrogen-bond acceptors (Lipinski definition) is 7. The van der Waals surface area contributed by atoms with Crippen LogP contribution >= 0.6 is 0 Å². The van der Waals surface area contributed by atoms with E-state index < -0.39 is 12.0 Å². The predicted octanol–water partition coefficient (Wildman–Crippen LogP) is 6.81. The minimum atomic E-state index is -0.827. The number of carboxylic acid groups (broad SMARTS) is 1. The lowest BCUT2D eigenvalue weighted by Crippen LogP contribution is -2.47. The molecule has 2 saturated heterocycles. The highest BCUT2D eigenvalue weighted by molar-refractivity contribution is 6.08. The molecule has 55 heavy (non-hydrogen) atoms. The van der Waals surface area contributed by atoms with E-state index >= 15 is 0 Å². The first-order chi connectivity index (χ1) is 26.7. The lowest BCUT2D eigenvalue weighted by molar-refractivity contribution is -0.144. The molecule has 1 aromatic heterocycles. The van der Waals surface area contributed by atoms with Crippen LogP contribution in [-0.4, -0.2) is 89.4 Å². The fraction of sp³-hybridized carbons (Fsp3) is 0.386. The lowest BCUT2D eigenvalue weighted by Gasteiger charge is -2.34. The topological polar surface area (TPSA) is 135 Å². The van der Waals surface area contributed by atoms with Crippen LogP contribution in [0.1, 0.15) is 99.6 Å². The summed E-state index contributed by atoms with van der Waals surface area (Å²) < 4.78 is 0. The van der Waals surface area contributed by atoms with Crippen LogP contribution in [-0.2, 0) is 11.2 Å². The Morgan fingerprint density at radius 2 is 1.58 bits per heavy atom. The largest absolute Gasteiger partial charge is 0.480 e. The second-order valence-corrected chi connectivity index (χ2v) is 15.0. The van der Waals surface area contributed by atoms with Crippen LogP contribution in [0.5, 0.6) is 0 Å². The first kappa shape index (κ1) is 37.8. The molecule has 0 bridgehead atoms. The first-order valence-electron chi connectivity index (χ1n) is 19.6. The minimum absolute atomic E-state index is 0.0623. The molecular formula is C44H50N6O5. The summed E-state index contributed by atoms with van der Waals surface area (Å²) in [5.74, 6) is -1.63. The van der Waals surface area contributed by atoms with Gasteiger partial charge in [-0.25, -0.2) is 0 Å². The number of likely N-dealkylation sites (tertiary alicyclic amines) is 1. The number of rotatable bonds is 11. The molecule has 11 heteroatoms. The molecule has 0 unspecified atom stereocenters. The third-order valence-corrected chi connectivity index (χ3v) is 11.3. The molecule has 286 valence electrons. The molecule has 7 rings (SSSR count). The van der Waals surface area contributed by atoms with Gasteiger partial charge >= 0.3 is 5.97 Å². The number of likely N-dealkylation sites (N-methyl/N-ethyl adjacent to an activating group) is 1. The van der Waals surface area contributed by atoms with Crippen molar-refractivity contribution in [3.63, 3.8) is 0 Å². The van der Waals surface area contributed by atoms with Crippen LogP contribution in [0.3, 0.4) is 0 Å². The summed E-state index contributed by atoms with van der Waals surface area (Å²) in [6.45, 7) is 3.40. The number of hydrogen-bond donors (Lipinski definition) is 3. The van der Waals surface area contributed by atoms with E-state index in [9.17, 15) is 24.3 Å². The predicted molar refractivity (Wildman–Crippen MR) is 214 cm³/mol. The number of aromatic nitrogens is 1. The average Bonchev–Trinajstić information content (AvgIpc) is 3.23. The normalized spacial score (nSPS) is 18.5. The van der Waals surface area contributed by atoms with Gasteiger partial charge in [-0.1, -0.05) is 36.8 Å². The van der Waals surface area contributed by atoms with E-state index in [4.69, 9.17) is 0 Å². The van der Waals surface area contributed by atoms with Gasteiger partial charge in [-0.3, -0.25) is 29.1 Å². The smallest absolute Gasteiger partial charge is 0.320 e. The Kier molecular flexibility index (Phi) is 11.9. The summed E-state index contributed by atoms with van der Waals surface area (Å²) in [6.07, 6.45) is 10.4. The quantitative estimate of drug-likeness (QED) is 0.153. The number of anilines is 2. The van der Waals surface area contributed by atoms with Crippen molar-refractivity contribution in [2.75, 3.05) is 50.0 Å². The number of aryl methyl sites for hydroxylation is 1. The minimum Gasteiger partial charge on any atom is -0.480 e. The second-order valence-electron chi connectivity index (χ2n) is 15.0. The van der Waals surface area contributed by atoms with Crippen molar-refractivity contribution in [1.29, 1.82) is 0 Å². The van der Waals surface area contributed by atoms with Crippen molar-refractivity contribution >= 4 is 35.1 Å². The maximum atomic E-state index is 13.9. The third-order valence-electron chi connectivity index (χ3n) is 11.3. The number of amides is 3. The summed E-state index contributed by atoms with van der Waals surface area (Å²) >= 11 is 0. The van der Waals surface area contributed by atoms with Gasteiger partial charge in [0.15, 0.2) is 0 Å². The number of pyridine rings is 1. The Morgan fingerprint density at radius 1 is 0.800 bits per heavy atom. The highest BCUT2D eigenvalue weighted by Gasteiger charge is 2.29. The fourth-order valence-electron chi connectivity index (χ4n) is 8.19. The van der Waals surface area contributed by atoms with Crippen molar-refractivity contribution in [3.8, 4) is 11.3 Å². The van der Waals surface area contributed by atoms with Gasteiger partial charge in [-0.2, -0.15) is 0 Å². The number of nitrogens with zero attached hydrogens (tertiary/aromatic N) is 4. The van der Waals surface area contributed by atoms with E-state index in [-0.39, 0.29) is 23.8 Å². The number of carbonyl (C=O) groups is 4. The molecule has 2 fully saturated rings. The van der Waals surface area contributed by atoms with Gasteiger partial charge in [-0.15, -0.1) is 0 Å². The number of fused-ring (bicyclic) bond motifs is 1. The van der Waals surface area contributed by atoms with Gasteiger partial charge in [0, 0.05) is 67.4 Å². The molecular weight excluding hydrogens is 693 g/mol.